The zero-order valence-corrected chi connectivity index (χ0v) is 8.73. The van der Waals surface area contributed by atoms with Crippen molar-refractivity contribution in [2.75, 3.05) is 13.2 Å². The van der Waals surface area contributed by atoms with Crippen molar-refractivity contribution in [3.05, 3.63) is 29.8 Å². The molecule has 15 heavy (non-hydrogen) atoms. The molecule has 0 radical (unpaired) electrons. The second-order valence-corrected chi connectivity index (χ2v) is 2.94. The average molecular weight is 209 g/mol. The number of esters is 1. The van der Waals surface area contributed by atoms with Gasteiger partial charge >= 0.3 is 5.97 Å². The molecule has 0 aliphatic heterocycles. The standard InChI is InChI=1S/C11H15NO3/c1-2-14-11(13)8-15-10-5-3-9(7-12)4-6-10/h3-6H,2,7-8,12H2,1H3. The Bertz CT molecular complexity index is 308. The van der Waals surface area contributed by atoms with Gasteiger partial charge in [0.2, 0.25) is 0 Å². The van der Waals surface area contributed by atoms with Gasteiger partial charge in [-0.1, -0.05) is 12.1 Å². The molecule has 0 amide bonds. The van der Waals surface area contributed by atoms with E-state index < -0.39 is 0 Å². The average Bonchev–Trinajstić information content (AvgIpc) is 2.27. The van der Waals surface area contributed by atoms with Crippen molar-refractivity contribution in [1.29, 1.82) is 0 Å². The second kappa shape index (κ2) is 6.03. The molecule has 0 bridgehead atoms. The number of hydrogen-bond donors (Lipinski definition) is 1. The third-order valence-electron chi connectivity index (χ3n) is 1.82. The van der Waals surface area contributed by atoms with E-state index in [0.717, 1.165) is 5.56 Å². The summed E-state index contributed by atoms with van der Waals surface area (Å²) in [5.74, 6) is 0.278. The van der Waals surface area contributed by atoms with E-state index in [0.29, 0.717) is 18.9 Å². The van der Waals surface area contributed by atoms with Gasteiger partial charge in [-0.05, 0) is 24.6 Å². The predicted octanol–water partition coefficient (Wildman–Crippen LogP) is 1.09. The van der Waals surface area contributed by atoms with Crippen LogP contribution in [-0.4, -0.2) is 19.2 Å². The van der Waals surface area contributed by atoms with Gasteiger partial charge in [0.05, 0.1) is 6.61 Å². The highest BCUT2D eigenvalue weighted by molar-refractivity contribution is 5.71. The van der Waals surface area contributed by atoms with Gasteiger partial charge in [0.15, 0.2) is 6.61 Å². The summed E-state index contributed by atoms with van der Waals surface area (Å²) < 4.78 is 9.93. The Labute approximate surface area is 89.0 Å². The maximum Gasteiger partial charge on any atom is 0.344 e. The van der Waals surface area contributed by atoms with E-state index in [2.05, 4.69) is 0 Å². The third kappa shape index (κ3) is 3.99. The summed E-state index contributed by atoms with van der Waals surface area (Å²) >= 11 is 0. The van der Waals surface area contributed by atoms with Gasteiger partial charge in [0, 0.05) is 6.54 Å². The molecule has 4 heteroatoms. The van der Waals surface area contributed by atoms with Crippen LogP contribution in [-0.2, 0) is 16.1 Å². The van der Waals surface area contributed by atoms with E-state index in [1.807, 2.05) is 12.1 Å². The molecule has 0 aliphatic rings. The lowest BCUT2D eigenvalue weighted by molar-refractivity contribution is -0.145. The zero-order chi connectivity index (χ0) is 11.1. The first-order valence-electron chi connectivity index (χ1n) is 4.83. The molecule has 0 saturated heterocycles. The van der Waals surface area contributed by atoms with E-state index in [1.54, 1.807) is 19.1 Å². The van der Waals surface area contributed by atoms with Crippen LogP contribution in [0.15, 0.2) is 24.3 Å². The van der Waals surface area contributed by atoms with Crippen molar-refractivity contribution in [3.8, 4) is 5.75 Å². The monoisotopic (exact) mass is 209 g/mol. The molecule has 0 spiro atoms. The Balaban J connectivity index is 2.40. The molecule has 0 atom stereocenters. The van der Waals surface area contributed by atoms with Crippen molar-refractivity contribution in [3.63, 3.8) is 0 Å². The molecule has 2 N–H and O–H groups in total. The highest BCUT2D eigenvalue weighted by Crippen LogP contribution is 2.11. The molecular weight excluding hydrogens is 194 g/mol. The first-order valence-corrected chi connectivity index (χ1v) is 4.83. The van der Waals surface area contributed by atoms with Crippen LogP contribution in [0, 0.1) is 0 Å². The summed E-state index contributed by atoms with van der Waals surface area (Å²) in [7, 11) is 0. The number of carbonyl (C=O) groups is 1. The molecule has 1 rings (SSSR count). The smallest absolute Gasteiger partial charge is 0.344 e. The Morgan fingerprint density at radius 1 is 1.33 bits per heavy atom. The highest BCUT2D eigenvalue weighted by atomic mass is 16.6. The van der Waals surface area contributed by atoms with Gasteiger partial charge in [-0.3, -0.25) is 0 Å². The van der Waals surface area contributed by atoms with Crippen LogP contribution in [0.2, 0.25) is 0 Å². The summed E-state index contributed by atoms with van der Waals surface area (Å²) in [4.78, 5) is 11.0. The Morgan fingerprint density at radius 3 is 2.53 bits per heavy atom. The van der Waals surface area contributed by atoms with Crippen LogP contribution in [0.1, 0.15) is 12.5 Å². The van der Waals surface area contributed by atoms with E-state index in [9.17, 15) is 4.79 Å². The van der Waals surface area contributed by atoms with Crippen molar-refractivity contribution in [1.82, 2.24) is 0 Å². The first-order chi connectivity index (χ1) is 7.26. The minimum Gasteiger partial charge on any atom is -0.482 e. The van der Waals surface area contributed by atoms with Gasteiger partial charge < -0.3 is 15.2 Å². The minimum absolute atomic E-state index is 0.0597. The van der Waals surface area contributed by atoms with Crippen molar-refractivity contribution < 1.29 is 14.3 Å². The lowest BCUT2D eigenvalue weighted by atomic mass is 10.2. The molecule has 82 valence electrons. The van der Waals surface area contributed by atoms with Crippen molar-refractivity contribution in [2.45, 2.75) is 13.5 Å². The van der Waals surface area contributed by atoms with Crippen LogP contribution < -0.4 is 10.5 Å². The van der Waals surface area contributed by atoms with Gasteiger partial charge in [-0.25, -0.2) is 4.79 Å². The van der Waals surface area contributed by atoms with E-state index >= 15 is 0 Å². The van der Waals surface area contributed by atoms with Gasteiger partial charge in [0.1, 0.15) is 5.75 Å². The number of ether oxygens (including phenoxy) is 2. The van der Waals surface area contributed by atoms with E-state index in [4.69, 9.17) is 15.2 Å². The molecule has 0 unspecified atom stereocenters. The quantitative estimate of drug-likeness (QED) is 0.737. The lowest BCUT2D eigenvalue weighted by Crippen LogP contribution is -2.14. The molecule has 0 aliphatic carbocycles. The molecular formula is C11H15NO3. The Morgan fingerprint density at radius 2 is 2.00 bits per heavy atom. The maximum absolute atomic E-state index is 11.0. The Kier molecular flexibility index (Phi) is 4.63. The van der Waals surface area contributed by atoms with Crippen LogP contribution in [0.5, 0.6) is 5.75 Å². The van der Waals surface area contributed by atoms with Crippen molar-refractivity contribution >= 4 is 5.97 Å². The van der Waals surface area contributed by atoms with Crippen LogP contribution in [0.25, 0.3) is 0 Å². The number of hydrogen-bond acceptors (Lipinski definition) is 4. The minimum atomic E-state index is -0.361. The highest BCUT2D eigenvalue weighted by Gasteiger charge is 2.02. The molecule has 1 aromatic carbocycles. The summed E-state index contributed by atoms with van der Waals surface area (Å²) in [5.41, 5.74) is 6.47. The fraction of sp³-hybridized carbons (Fsp3) is 0.364. The third-order valence-corrected chi connectivity index (χ3v) is 1.82. The van der Waals surface area contributed by atoms with Crippen LogP contribution in [0.3, 0.4) is 0 Å². The lowest BCUT2D eigenvalue weighted by Gasteiger charge is -2.05. The van der Waals surface area contributed by atoms with Gasteiger partial charge in [-0.15, -0.1) is 0 Å². The second-order valence-electron chi connectivity index (χ2n) is 2.94. The SMILES string of the molecule is CCOC(=O)COc1ccc(CN)cc1. The van der Waals surface area contributed by atoms with Crippen LogP contribution >= 0.6 is 0 Å². The van der Waals surface area contributed by atoms with Gasteiger partial charge in [0.25, 0.3) is 0 Å². The molecule has 1 aromatic rings. The topological polar surface area (TPSA) is 61.5 Å². The van der Waals surface area contributed by atoms with Crippen LogP contribution in [0.4, 0.5) is 0 Å². The molecule has 0 saturated carbocycles. The number of rotatable bonds is 5. The van der Waals surface area contributed by atoms with E-state index in [-0.39, 0.29) is 12.6 Å². The summed E-state index contributed by atoms with van der Waals surface area (Å²) in [6.07, 6.45) is 0. The largest absolute Gasteiger partial charge is 0.482 e. The number of nitrogens with two attached hydrogens (primary N) is 1. The number of benzene rings is 1. The number of carbonyl (C=O) groups excluding carboxylic acids is 1. The molecule has 0 fully saturated rings. The normalized spacial score (nSPS) is 9.73. The summed E-state index contributed by atoms with van der Waals surface area (Å²) in [6.45, 7) is 2.57. The maximum atomic E-state index is 11.0. The molecule has 0 aromatic heterocycles. The summed E-state index contributed by atoms with van der Waals surface area (Å²) in [5, 5.41) is 0. The van der Waals surface area contributed by atoms with Crippen molar-refractivity contribution in [2.24, 2.45) is 5.73 Å². The fourth-order valence-electron chi connectivity index (χ4n) is 1.07. The molecule has 4 nitrogen and oxygen atoms in total. The zero-order valence-electron chi connectivity index (χ0n) is 8.73. The predicted molar refractivity (Wildman–Crippen MR) is 56.5 cm³/mol. The van der Waals surface area contributed by atoms with Gasteiger partial charge in [-0.2, -0.15) is 0 Å². The molecule has 0 heterocycles. The Hall–Kier alpha value is -1.55. The van der Waals surface area contributed by atoms with E-state index in [1.165, 1.54) is 0 Å². The summed E-state index contributed by atoms with van der Waals surface area (Å²) in [6, 6.07) is 7.28. The fourth-order valence-corrected chi connectivity index (χ4v) is 1.07. The first kappa shape index (κ1) is 11.5.